The van der Waals surface area contributed by atoms with Gasteiger partial charge in [0.15, 0.2) is 0 Å². The Hall–Kier alpha value is -1.000. The monoisotopic (exact) mass is 548 g/mol. The summed E-state index contributed by atoms with van der Waals surface area (Å²) in [6, 6.07) is 9.31. The van der Waals surface area contributed by atoms with Crippen molar-refractivity contribution in [3.8, 4) is 0 Å². The minimum atomic E-state index is 0.490. The average molecular weight is 550 g/mol. The molecule has 2 aromatic carbocycles. The number of nitrogens with zero attached hydrogens (tertiary/aromatic N) is 2. The van der Waals surface area contributed by atoms with Crippen LogP contribution in [0.2, 0.25) is 0 Å². The molecule has 0 N–H and O–H groups in total. The molecule has 1 heterocycles. The van der Waals surface area contributed by atoms with Crippen LogP contribution in [0, 0.1) is 0 Å². The Bertz CT molecular complexity index is 797. The summed E-state index contributed by atoms with van der Waals surface area (Å²) >= 11 is 7.53. The average Bonchev–Trinajstić information content (AvgIpc) is 3.15. The number of anilines is 2. The van der Waals surface area contributed by atoms with Crippen molar-refractivity contribution in [2.45, 2.75) is 79.1 Å². The minimum Gasteiger partial charge on any atom is -0.352 e. The first kappa shape index (κ1) is 24.6. The predicted molar refractivity (Wildman–Crippen MR) is 144 cm³/mol. The Morgan fingerprint density at radius 1 is 0.548 bits per heavy atom. The number of benzene rings is 2. The van der Waals surface area contributed by atoms with Crippen LogP contribution in [0.1, 0.15) is 101 Å². The first-order chi connectivity index (χ1) is 14.5. The van der Waals surface area contributed by atoms with Gasteiger partial charge in [-0.1, -0.05) is 87.2 Å². The van der Waals surface area contributed by atoms with Crippen LogP contribution >= 0.6 is 31.9 Å². The van der Waals surface area contributed by atoms with E-state index in [0.717, 1.165) is 19.8 Å². The maximum atomic E-state index is 3.77. The zero-order valence-corrected chi connectivity index (χ0v) is 23.6. The highest BCUT2D eigenvalue weighted by Gasteiger charge is 2.30. The third-order valence-corrected chi connectivity index (χ3v) is 7.28. The second-order valence-electron chi connectivity index (χ2n) is 10.2. The van der Waals surface area contributed by atoms with E-state index in [9.17, 15) is 0 Å². The van der Waals surface area contributed by atoms with Gasteiger partial charge in [0.05, 0.1) is 6.67 Å². The van der Waals surface area contributed by atoms with Crippen molar-refractivity contribution >= 4 is 43.2 Å². The number of hydrogen-bond donors (Lipinski definition) is 0. The topological polar surface area (TPSA) is 6.48 Å². The second-order valence-corrected chi connectivity index (χ2v) is 12.0. The Kier molecular flexibility index (Phi) is 7.84. The van der Waals surface area contributed by atoms with E-state index >= 15 is 0 Å². The van der Waals surface area contributed by atoms with E-state index in [1.165, 1.54) is 42.6 Å². The van der Waals surface area contributed by atoms with E-state index in [1.807, 2.05) is 0 Å². The molecule has 1 aliphatic rings. The van der Waals surface area contributed by atoms with E-state index < -0.39 is 0 Å². The van der Waals surface area contributed by atoms with Gasteiger partial charge in [-0.25, -0.2) is 0 Å². The summed E-state index contributed by atoms with van der Waals surface area (Å²) in [5, 5.41) is 0. The van der Waals surface area contributed by atoms with Crippen LogP contribution < -0.4 is 9.80 Å². The quantitative estimate of drug-likeness (QED) is 0.354. The number of rotatable bonds is 6. The largest absolute Gasteiger partial charge is 0.352 e. The third kappa shape index (κ3) is 5.16. The molecule has 0 aromatic heterocycles. The molecular weight excluding hydrogens is 512 g/mol. The predicted octanol–water partition coefficient (Wildman–Crippen LogP) is 8.99. The lowest BCUT2D eigenvalue weighted by atomic mass is 9.92. The van der Waals surface area contributed by atoms with Crippen molar-refractivity contribution in [1.29, 1.82) is 0 Å². The zero-order valence-electron chi connectivity index (χ0n) is 20.4. The molecule has 3 rings (SSSR count). The van der Waals surface area contributed by atoms with Crippen molar-refractivity contribution in [3.05, 3.63) is 55.5 Å². The summed E-state index contributed by atoms with van der Waals surface area (Å²) in [6.45, 7) is 21.6. The van der Waals surface area contributed by atoms with Gasteiger partial charge in [-0.15, -0.1) is 0 Å². The van der Waals surface area contributed by atoms with Crippen molar-refractivity contribution in [3.63, 3.8) is 0 Å². The summed E-state index contributed by atoms with van der Waals surface area (Å²) < 4.78 is 2.38. The van der Waals surface area contributed by atoms with Crippen molar-refractivity contribution < 1.29 is 0 Å². The fourth-order valence-electron chi connectivity index (χ4n) is 4.73. The Morgan fingerprint density at radius 3 is 1.03 bits per heavy atom. The molecule has 31 heavy (non-hydrogen) atoms. The van der Waals surface area contributed by atoms with Crippen LogP contribution in [0.5, 0.6) is 0 Å². The van der Waals surface area contributed by atoms with Gasteiger partial charge in [0.1, 0.15) is 0 Å². The normalized spacial score (nSPS) is 14.8. The van der Waals surface area contributed by atoms with E-state index in [2.05, 4.69) is 121 Å². The standard InChI is InChI=1S/C27H38Br2N2/c1-16(2)22-11-20(28)12-23(17(3)4)26(22)30-9-10-31(15-30)27-24(18(5)6)13-21(29)14-25(27)19(7)8/h11-14,16-19H,9-10,15H2,1-8H3. The Labute approximate surface area is 206 Å². The van der Waals surface area contributed by atoms with Gasteiger partial charge >= 0.3 is 0 Å². The molecule has 0 unspecified atom stereocenters. The minimum absolute atomic E-state index is 0.490. The molecule has 0 amide bonds. The molecule has 4 heteroatoms. The molecular formula is C27H38Br2N2. The summed E-state index contributed by atoms with van der Waals surface area (Å²) in [6.07, 6.45) is 0. The summed E-state index contributed by atoms with van der Waals surface area (Å²) in [4.78, 5) is 5.24. The fraction of sp³-hybridized carbons (Fsp3) is 0.556. The molecule has 1 fully saturated rings. The van der Waals surface area contributed by atoms with E-state index in [1.54, 1.807) is 0 Å². The molecule has 2 aromatic rings. The SMILES string of the molecule is CC(C)c1cc(Br)cc(C(C)C)c1N1CCN(c2c(C(C)C)cc(Br)cc2C(C)C)C1. The van der Waals surface area contributed by atoms with Gasteiger partial charge in [0.2, 0.25) is 0 Å². The highest BCUT2D eigenvalue weighted by molar-refractivity contribution is 9.10. The molecule has 0 atom stereocenters. The van der Waals surface area contributed by atoms with E-state index in [0.29, 0.717) is 23.7 Å². The Balaban J connectivity index is 2.08. The van der Waals surface area contributed by atoms with E-state index in [4.69, 9.17) is 0 Å². The van der Waals surface area contributed by atoms with Gasteiger partial charge < -0.3 is 9.80 Å². The first-order valence-electron chi connectivity index (χ1n) is 11.7. The lowest BCUT2D eigenvalue weighted by Crippen LogP contribution is -2.28. The molecule has 1 aliphatic heterocycles. The van der Waals surface area contributed by atoms with Gasteiger partial charge in [0, 0.05) is 33.4 Å². The van der Waals surface area contributed by atoms with Crippen molar-refractivity contribution in [2.75, 3.05) is 29.6 Å². The lowest BCUT2D eigenvalue weighted by Gasteiger charge is -2.31. The number of halogens is 2. The van der Waals surface area contributed by atoms with Gasteiger partial charge in [-0.3, -0.25) is 0 Å². The first-order valence-corrected chi connectivity index (χ1v) is 13.3. The molecule has 2 nitrogen and oxygen atoms in total. The van der Waals surface area contributed by atoms with Gasteiger partial charge in [-0.2, -0.15) is 0 Å². The number of hydrogen-bond acceptors (Lipinski definition) is 2. The Morgan fingerprint density at radius 2 is 0.806 bits per heavy atom. The molecule has 0 bridgehead atoms. The van der Waals surface area contributed by atoms with Crippen LogP contribution in [-0.2, 0) is 0 Å². The maximum Gasteiger partial charge on any atom is 0.0904 e. The molecule has 0 aliphatic carbocycles. The molecule has 0 saturated carbocycles. The second kappa shape index (κ2) is 9.87. The summed E-state index contributed by atoms with van der Waals surface area (Å²) in [5.41, 5.74) is 8.69. The smallest absolute Gasteiger partial charge is 0.0904 e. The van der Waals surface area contributed by atoms with E-state index in [-0.39, 0.29) is 0 Å². The summed E-state index contributed by atoms with van der Waals surface area (Å²) in [7, 11) is 0. The van der Waals surface area contributed by atoms with Crippen molar-refractivity contribution in [2.24, 2.45) is 0 Å². The highest BCUT2D eigenvalue weighted by atomic mass is 79.9. The summed E-state index contributed by atoms with van der Waals surface area (Å²) in [5.74, 6) is 1.96. The van der Waals surface area contributed by atoms with Crippen LogP contribution in [-0.4, -0.2) is 19.8 Å². The van der Waals surface area contributed by atoms with Crippen LogP contribution in [0.4, 0.5) is 11.4 Å². The van der Waals surface area contributed by atoms with Crippen LogP contribution in [0.25, 0.3) is 0 Å². The third-order valence-electron chi connectivity index (χ3n) is 6.37. The van der Waals surface area contributed by atoms with Gasteiger partial charge in [-0.05, 0) is 70.2 Å². The highest BCUT2D eigenvalue weighted by Crippen LogP contribution is 2.42. The van der Waals surface area contributed by atoms with Crippen LogP contribution in [0.3, 0.4) is 0 Å². The zero-order chi connectivity index (χ0) is 23.0. The van der Waals surface area contributed by atoms with Gasteiger partial charge in [0.25, 0.3) is 0 Å². The lowest BCUT2D eigenvalue weighted by molar-refractivity contribution is 0.796. The molecule has 0 spiro atoms. The van der Waals surface area contributed by atoms with Crippen LogP contribution in [0.15, 0.2) is 33.2 Å². The maximum absolute atomic E-state index is 3.77. The molecule has 0 radical (unpaired) electrons. The molecule has 170 valence electrons. The fourth-order valence-corrected chi connectivity index (χ4v) is 5.72. The molecule has 1 saturated heterocycles. The van der Waals surface area contributed by atoms with Crippen molar-refractivity contribution in [1.82, 2.24) is 0 Å².